The number of sulfonamides is 1. The normalized spacial score (nSPS) is 25.2. The molecule has 1 aromatic carbocycles. The molecule has 0 saturated heterocycles. The summed E-state index contributed by atoms with van der Waals surface area (Å²) in [6.45, 7) is 1.80. The number of aromatic nitrogens is 1. The van der Waals surface area contributed by atoms with Crippen LogP contribution < -0.4 is 21.3 Å². The van der Waals surface area contributed by atoms with Crippen LogP contribution in [-0.4, -0.2) is 25.9 Å². The van der Waals surface area contributed by atoms with Crippen LogP contribution >= 0.6 is 0 Å². The maximum atomic E-state index is 12.9. The molecule has 1 aromatic heterocycles. The Bertz CT molecular complexity index is 1140. The number of nitrogens with two attached hydrogens (primary N) is 1. The molecule has 0 bridgehead atoms. The highest BCUT2D eigenvalue weighted by Crippen LogP contribution is 2.51. The highest BCUT2D eigenvalue weighted by Gasteiger charge is 2.52. The van der Waals surface area contributed by atoms with E-state index in [4.69, 9.17) is 5.73 Å². The largest absolute Gasteiger partial charge is 0.348 e. The van der Waals surface area contributed by atoms with Crippen LogP contribution in [0.2, 0.25) is 0 Å². The fourth-order valence-electron chi connectivity index (χ4n) is 5.12. The second-order valence-electron chi connectivity index (χ2n) is 8.68. The number of aryl methyl sites for hydroxylation is 1. The van der Waals surface area contributed by atoms with Gasteiger partial charge in [-0.25, -0.2) is 8.42 Å². The Hall–Kier alpha value is -2.65. The molecule has 0 aliphatic heterocycles. The fraction of sp³-hybridized carbons (Fsp3) is 0.455. The molecule has 9 heteroatoms. The van der Waals surface area contributed by atoms with Crippen LogP contribution in [0, 0.1) is 12.8 Å². The highest BCUT2D eigenvalue weighted by molar-refractivity contribution is 7.91. The molecule has 31 heavy (non-hydrogen) atoms. The lowest BCUT2D eigenvalue weighted by Gasteiger charge is -2.51. The molecular formula is C22H28N4O4S. The van der Waals surface area contributed by atoms with Crippen molar-refractivity contribution in [2.24, 2.45) is 11.7 Å². The zero-order valence-corrected chi connectivity index (χ0v) is 18.3. The number of hydrogen-bond acceptors (Lipinski definition) is 5. The van der Waals surface area contributed by atoms with Gasteiger partial charge in [0.25, 0.3) is 5.56 Å². The molecule has 1 saturated carbocycles. The van der Waals surface area contributed by atoms with E-state index in [1.54, 1.807) is 31.2 Å². The molecule has 4 rings (SSSR count). The summed E-state index contributed by atoms with van der Waals surface area (Å²) in [7, 11) is -3.84. The maximum absolute atomic E-state index is 12.9. The van der Waals surface area contributed by atoms with Gasteiger partial charge in [0, 0.05) is 23.7 Å². The maximum Gasteiger partial charge on any atom is 0.272 e. The zero-order chi connectivity index (χ0) is 22.2. The number of carbonyl (C=O) groups excluding carboxylic acids is 1. The first kappa shape index (κ1) is 21.6. The standard InChI is InChI=1S/C22H28N4O4S/c1-14-18-11-22(24-13-27,16-7-9-17(23)10-8-16)19(18)20(21(28)25-14)26-31(29,30)12-15-5-3-2-4-6-15/h2-6,13,16-17,26H,7-12,23H2,1H3,(H,24,27)(H,25,28). The lowest BCUT2D eigenvalue weighted by molar-refractivity contribution is -0.112. The zero-order valence-electron chi connectivity index (χ0n) is 17.5. The van der Waals surface area contributed by atoms with Crippen LogP contribution in [-0.2, 0) is 32.5 Å². The summed E-state index contributed by atoms with van der Waals surface area (Å²) in [5.41, 5.74) is 7.60. The van der Waals surface area contributed by atoms with E-state index in [2.05, 4.69) is 15.0 Å². The van der Waals surface area contributed by atoms with E-state index in [0.29, 0.717) is 29.7 Å². The van der Waals surface area contributed by atoms with Crippen molar-refractivity contribution in [2.75, 3.05) is 4.72 Å². The molecule has 1 fully saturated rings. The number of anilines is 1. The molecule has 1 unspecified atom stereocenters. The number of amides is 1. The van der Waals surface area contributed by atoms with Crippen LogP contribution in [0.1, 0.15) is 48.1 Å². The van der Waals surface area contributed by atoms with E-state index in [1.165, 1.54) is 0 Å². The molecule has 2 aromatic rings. The van der Waals surface area contributed by atoms with Crippen LogP contribution in [0.3, 0.4) is 0 Å². The van der Waals surface area contributed by atoms with Crippen molar-refractivity contribution in [1.82, 2.24) is 10.3 Å². The number of carbonyl (C=O) groups is 1. The van der Waals surface area contributed by atoms with Crippen molar-refractivity contribution in [3.05, 3.63) is 63.1 Å². The van der Waals surface area contributed by atoms with E-state index >= 15 is 0 Å². The monoisotopic (exact) mass is 444 g/mol. The summed E-state index contributed by atoms with van der Waals surface area (Å²) >= 11 is 0. The summed E-state index contributed by atoms with van der Waals surface area (Å²) in [6.07, 6.45) is 4.49. The number of H-pyrrole nitrogens is 1. The first-order valence-corrected chi connectivity index (χ1v) is 12.2. The van der Waals surface area contributed by atoms with Crippen LogP contribution in [0.25, 0.3) is 0 Å². The quantitative estimate of drug-likeness (QED) is 0.482. The third kappa shape index (κ3) is 3.99. The topological polar surface area (TPSA) is 134 Å². The average molecular weight is 445 g/mol. The van der Waals surface area contributed by atoms with Gasteiger partial charge in [0.05, 0.1) is 11.3 Å². The van der Waals surface area contributed by atoms with E-state index in [0.717, 1.165) is 31.2 Å². The van der Waals surface area contributed by atoms with E-state index < -0.39 is 21.1 Å². The molecule has 0 spiro atoms. The van der Waals surface area contributed by atoms with Gasteiger partial charge in [0.2, 0.25) is 16.4 Å². The number of nitrogens with one attached hydrogen (secondary N) is 3. The van der Waals surface area contributed by atoms with E-state index in [9.17, 15) is 18.0 Å². The summed E-state index contributed by atoms with van der Waals surface area (Å²) in [4.78, 5) is 27.2. The number of hydrogen-bond donors (Lipinski definition) is 4. The minimum absolute atomic E-state index is 0.00648. The highest BCUT2D eigenvalue weighted by atomic mass is 32.2. The van der Waals surface area contributed by atoms with Gasteiger partial charge in [0.1, 0.15) is 5.69 Å². The summed E-state index contributed by atoms with van der Waals surface area (Å²) in [5.74, 6) is -0.161. The lowest BCUT2D eigenvalue weighted by Crippen LogP contribution is -2.58. The summed E-state index contributed by atoms with van der Waals surface area (Å²) < 4.78 is 28.4. The third-order valence-electron chi connectivity index (χ3n) is 6.68. The number of benzene rings is 1. The minimum atomic E-state index is -3.84. The third-order valence-corrected chi connectivity index (χ3v) is 7.91. The smallest absolute Gasteiger partial charge is 0.272 e. The van der Waals surface area contributed by atoms with Gasteiger partial charge in [0.15, 0.2) is 0 Å². The number of aromatic amines is 1. The average Bonchev–Trinajstić information content (AvgIpc) is 2.70. The lowest BCUT2D eigenvalue weighted by atomic mass is 9.59. The van der Waals surface area contributed by atoms with Gasteiger partial charge in [-0.05, 0) is 49.7 Å². The molecule has 2 aliphatic rings. The number of pyridine rings is 1. The predicted octanol–water partition coefficient (Wildman–Crippen LogP) is 1.64. The van der Waals surface area contributed by atoms with Crippen molar-refractivity contribution in [2.45, 2.75) is 56.4 Å². The van der Waals surface area contributed by atoms with Crippen molar-refractivity contribution in [1.29, 1.82) is 0 Å². The van der Waals surface area contributed by atoms with Gasteiger partial charge in [-0.3, -0.25) is 14.3 Å². The van der Waals surface area contributed by atoms with Crippen molar-refractivity contribution in [3.63, 3.8) is 0 Å². The van der Waals surface area contributed by atoms with Gasteiger partial charge >= 0.3 is 0 Å². The summed E-state index contributed by atoms with van der Waals surface area (Å²) in [6, 6.07) is 8.92. The van der Waals surface area contributed by atoms with Crippen molar-refractivity contribution < 1.29 is 13.2 Å². The Morgan fingerprint density at radius 1 is 1.19 bits per heavy atom. The summed E-state index contributed by atoms with van der Waals surface area (Å²) in [5, 5.41) is 2.96. The first-order chi connectivity index (χ1) is 14.8. The van der Waals surface area contributed by atoms with Gasteiger partial charge in [-0.2, -0.15) is 0 Å². The molecule has 8 nitrogen and oxygen atoms in total. The Balaban J connectivity index is 1.74. The Kier molecular flexibility index (Phi) is 5.65. The number of fused-ring (bicyclic) bond motifs is 1. The van der Waals surface area contributed by atoms with E-state index in [-0.39, 0.29) is 23.4 Å². The molecule has 1 amide bonds. The van der Waals surface area contributed by atoms with Crippen molar-refractivity contribution >= 4 is 22.1 Å². The molecule has 2 aliphatic carbocycles. The Morgan fingerprint density at radius 2 is 1.87 bits per heavy atom. The van der Waals surface area contributed by atoms with Crippen molar-refractivity contribution in [3.8, 4) is 0 Å². The molecule has 166 valence electrons. The van der Waals surface area contributed by atoms with E-state index in [1.807, 2.05) is 6.07 Å². The second kappa shape index (κ2) is 8.12. The second-order valence-corrected chi connectivity index (χ2v) is 10.4. The van der Waals surface area contributed by atoms with Crippen LogP contribution in [0.4, 0.5) is 5.69 Å². The molecule has 1 atom stereocenters. The van der Waals surface area contributed by atoms with Crippen LogP contribution in [0.5, 0.6) is 0 Å². The molecule has 1 heterocycles. The Morgan fingerprint density at radius 3 is 2.52 bits per heavy atom. The van der Waals surface area contributed by atoms with Gasteiger partial charge in [-0.15, -0.1) is 0 Å². The molecule has 0 radical (unpaired) electrons. The van der Waals surface area contributed by atoms with Gasteiger partial charge in [-0.1, -0.05) is 30.3 Å². The molecular weight excluding hydrogens is 416 g/mol. The first-order valence-electron chi connectivity index (χ1n) is 10.5. The van der Waals surface area contributed by atoms with Gasteiger partial charge < -0.3 is 16.0 Å². The Labute approximate surface area is 181 Å². The number of rotatable bonds is 7. The molecule has 5 N–H and O–H groups in total. The SMILES string of the molecule is Cc1[nH]c(=O)c(NS(=O)(=O)Cc2ccccc2)c2c1CC2(NC=O)C1CCC(N)CC1. The van der Waals surface area contributed by atoms with Crippen LogP contribution in [0.15, 0.2) is 35.1 Å². The fourth-order valence-corrected chi connectivity index (χ4v) is 6.33. The minimum Gasteiger partial charge on any atom is -0.348 e. The predicted molar refractivity (Wildman–Crippen MR) is 119 cm³/mol.